The van der Waals surface area contributed by atoms with Crippen molar-refractivity contribution < 1.29 is 18.0 Å². The summed E-state index contributed by atoms with van der Waals surface area (Å²) in [5.74, 6) is -0.124. The summed E-state index contributed by atoms with van der Waals surface area (Å²) in [6.07, 6.45) is 9.22. The van der Waals surface area contributed by atoms with Crippen LogP contribution in [0.4, 0.5) is 24.5 Å². The van der Waals surface area contributed by atoms with Crippen LogP contribution in [0.25, 0.3) is 6.08 Å². The number of piperidine rings is 1. The number of halogens is 3. The molecule has 1 atom stereocenters. The fourth-order valence-corrected chi connectivity index (χ4v) is 6.01. The Balaban J connectivity index is 1.33. The molecule has 1 aliphatic carbocycles. The van der Waals surface area contributed by atoms with Crippen molar-refractivity contribution in [1.29, 1.82) is 0 Å². The maximum Gasteiger partial charge on any atom is 0.416 e. The van der Waals surface area contributed by atoms with Crippen LogP contribution in [0.2, 0.25) is 0 Å². The molecule has 1 saturated heterocycles. The highest BCUT2D eigenvalue weighted by Gasteiger charge is 2.32. The number of rotatable bonds is 8. The molecule has 1 aromatic heterocycles. The Morgan fingerprint density at radius 2 is 1.59 bits per heavy atom. The Bertz CT molecular complexity index is 1300. The molecule has 0 unspecified atom stereocenters. The molecular formula is C33H37F3N4O. The van der Waals surface area contributed by atoms with Gasteiger partial charge < -0.3 is 9.80 Å². The molecule has 5 rings (SSSR count). The van der Waals surface area contributed by atoms with Gasteiger partial charge in [-0.2, -0.15) is 13.2 Å². The van der Waals surface area contributed by atoms with Crippen LogP contribution in [0, 0.1) is 0 Å². The average Bonchev–Trinajstić information content (AvgIpc) is 3.54. The molecule has 3 aromatic rings. The molecule has 1 aliphatic heterocycles. The number of alkyl halides is 3. The normalized spacial score (nSPS) is 18.6. The molecule has 1 saturated carbocycles. The summed E-state index contributed by atoms with van der Waals surface area (Å²) in [7, 11) is 2.01. The lowest BCUT2D eigenvalue weighted by Gasteiger charge is -2.41. The van der Waals surface area contributed by atoms with Crippen molar-refractivity contribution in [2.45, 2.75) is 63.3 Å². The summed E-state index contributed by atoms with van der Waals surface area (Å²) >= 11 is 0. The largest absolute Gasteiger partial charge is 0.416 e. The standard InChI is InChI=1S/C33H37F3N4O/c1-38(29-18-20-37-21-19-29)28-15-10-26(11-16-28)23-40(31-7-4-22-39(24-31)30-5-2-3-6-30)32(41)17-12-25-8-13-27(14-9-25)33(34,35)36/h8-21,30-31H,2-7,22-24H2,1H3/b17-12+/t31-/m0/s1. The second-order valence-electron chi connectivity index (χ2n) is 11.1. The Morgan fingerprint density at radius 1 is 0.927 bits per heavy atom. The molecule has 2 aromatic carbocycles. The number of likely N-dealkylation sites (tertiary alicyclic amines) is 1. The third-order valence-corrected chi connectivity index (χ3v) is 8.38. The van der Waals surface area contributed by atoms with Crippen molar-refractivity contribution in [3.8, 4) is 0 Å². The zero-order valence-corrected chi connectivity index (χ0v) is 23.4. The Hall–Kier alpha value is -3.65. The average molecular weight is 563 g/mol. The van der Waals surface area contributed by atoms with Gasteiger partial charge in [0.2, 0.25) is 5.91 Å². The summed E-state index contributed by atoms with van der Waals surface area (Å²) in [4.78, 5) is 24.3. The molecule has 5 nitrogen and oxygen atoms in total. The van der Waals surface area contributed by atoms with Crippen LogP contribution in [0.1, 0.15) is 55.2 Å². The van der Waals surface area contributed by atoms with E-state index in [1.54, 1.807) is 18.5 Å². The van der Waals surface area contributed by atoms with E-state index in [-0.39, 0.29) is 11.9 Å². The lowest BCUT2D eigenvalue weighted by molar-refractivity contribution is -0.137. The predicted octanol–water partition coefficient (Wildman–Crippen LogP) is 7.32. The first-order valence-corrected chi connectivity index (χ1v) is 14.4. The minimum absolute atomic E-state index is 0.0771. The van der Waals surface area contributed by atoms with Crippen LogP contribution >= 0.6 is 0 Å². The number of hydrogen-bond acceptors (Lipinski definition) is 4. The van der Waals surface area contributed by atoms with Crippen LogP contribution in [-0.2, 0) is 17.5 Å². The van der Waals surface area contributed by atoms with E-state index < -0.39 is 11.7 Å². The summed E-state index contributed by atoms with van der Waals surface area (Å²) in [6, 6.07) is 17.7. The van der Waals surface area contributed by atoms with Crippen molar-refractivity contribution in [2.75, 3.05) is 25.0 Å². The number of amides is 1. The van der Waals surface area contributed by atoms with Crippen molar-refractivity contribution in [2.24, 2.45) is 0 Å². The van der Waals surface area contributed by atoms with E-state index in [4.69, 9.17) is 0 Å². The number of anilines is 2. The second-order valence-corrected chi connectivity index (χ2v) is 11.1. The van der Waals surface area contributed by atoms with Gasteiger partial charge in [0, 0.05) is 62.1 Å². The fraction of sp³-hybridized carbons (Fsp3) is 0.394. The molecule has 2 aliphatic rings. The number of aromatic nitrogens is 1. The first kappa shape index (κ1) is 28.9. The van der Waals surface area contributed by atoms with Gasteiger partial charge in [-0.15, -0.1) is 0 Å². The van der Waals surface area contributed by atoms with Crippen LogP contribution in [0.15, 0.2) is 79.1 Å². The SMILES string of the molecule is CN(c1ccncc1)c1ccc(CN(C(=O)/C=C/c2ccc(C(F)(F)F)cc2)[C@H]2CCCN(C3CCCC3)C2)cc1. The molecule has 0 N–H and O–H groups in total. The van der Waals surface area contributed by atoms with Gasteiger partial charge in [-0.3, -0.25) is 14.7 Å². The number of carbonyl (C=O) groups is 1. The Morgan fingerprint density at radius 3 is 2.24 bits per heavy atom. The molecule has 0 bridgehead atoms. The van der Waals surface area contributed by atoms with Gasteiger partial charge in [0.1, 0.15) is 0 Å². The number of pyridine rings is 1. The first-order valence-electron chi connectivity index (χ1n) is 14.4. The maximum atomic E-state index is 13.7. The third kappa shape index (κ3) is 7.36. The minimum atomic E-state index is -4.39. The zero-order chi connectivity index (χ0) is 28.8. The highest BCUT2D eigenvalue weighted by Crippen LogP contribution is 2.30. The van der Waals surface area contributed by atoms with Gasteiger partial charge in [0.25, 0.3) is 0 Å². The number of benzene rings is 2. The molecule has 8 heteroatoms. The van der Waals surface area contributed by atoms with Crippen LogP contribution in [0.3, 0.4) is 0 Å². The minimum Gasteiger partial charge on any atom is -0.345 e. The van der Waals surface area contributed by atoms with Gasteiger partial charge in [0.05, 0.1) is 5.56 Å². The molecule has 2 heterocycles. The molecule has 0 spiro atoms. The lowest BCUT2D eigenvalue weighted by atomic mass is 10.00. The lowest BCUT2D eigenvalue weighted by Crippen LogP contribution is -2.51. The fourth-order valence-electron chi connectivity index (χ4n) is 6.01. The van der Waals surface area contributed by atoms with Gasteiger partial charge in [-0.25, -0.2) is 0 Å². The molecular weight excluding hydrogens is 525 g/mol. The van der Waals surface area contributed by atoms with Crippen LogP contribution in [-0.4, -0.2) is 52.9 Å². The third-order valence-electron chi connectivity index (χ3n) is 8.38. The van der Waals surface area contributed by atoms with Gasteiger partial charge in [-0.1, -0.05) is 37.1 Å². The summed E-state index contributed by atoms with van der Waals surface area (Å²) in [5, 5.41) is 0. The topological polar surface area (TPSA) is 39.7 Å². The quantitative estimate of drug-likeness (QED) is 0.270. The zero-order valence-electron chi connectivity index (χ0n) is 23.4. The smallest absolute Gasteiger partial charge is 0.345 e. The summed E-state index contributed by atoms with van der Waals surface area (Å²) in [6.45, 7) is 2.40. The molecule has 2 fully saturated rings. The van der Waals surface area contributed by atoms with Crippen LogP contribution < -0.4 is 4.90 Å². The molecule has 0 radical (unpaired) electrons. The van der Waals surface area contributed by atoms with Crippen molar-refractivity contribution in [1.82, 2.24) is 14.8 Å². The highest BCUT2D eigenvalue weighted by molar-refractivity contribution is 5.92. The van der Waals surface area contributed by atoms with Crippen molar-refractivity contribution >= 4 is 23.4 Å². The van der Waals surface area contributed by atoms with Gasteiger partial charge >= 0.3 is 6.18 Å². The number of carbonyl (C=O) groups excluding carboxylic acids is 1. The van der Waals surface area contributed by atoms with Gasteiger partial charge in [0.15, 0.2) is 0 Å². The molecule has 1 amide bonds. The predicted molar refractivity (Wildman–Crippen MR) is 157 cm³/mol. The van der Waals surface area contributed by atoms with Gasteiger partial charge in [-0.05, 0) is 85.8 Å². The number of nitrogens with zero attached hydrogens (tertiary/aromatic N) is 4. The molecule has 216 valence electrons. The van der Waals surface area contributed by atoms with E-state index in [0.29, 0.717) is 18.2 Å². The second kappa shape index (κ2) is 12.9. The molecule has 41 heavy (non-hydrogen) atoms. The Labute approximate surface area is 240 Å². The van der Waals surface area contributed by atoms with Crippen molar-refractivity contribution in [3.63, 3.8) is 0 Å². The van der Waals surface area contributed by atoms with E-state index in [9.17, 15) is 18.0 Å². The summed E-state index contributed by atoms with van der Waals surface area (Å²) in [5.41, 5.74) is 2.96. The highest BCUT2D eigenvalue weighted by atomic mass is 19.4. The number of hydrogen-bond donors (Lipinski definition) is 0. The van der Waals surface area contributed by atoms with E-state index in [0.717, 1.165) is 55.0 Å². The summed E-state index contributed by atoms with van der Waals surface area (Å²) < 4.78 is 38.9. The van der Waals surface area contributed by atoms with E-state index in [1.807, 2.05) is 24.1 Å². The van der Waals surface area contributed by atoms with Crippen molar-refractivity contribution in [3.05, 3.63) is 95.8 Å². The van der Waals surface area contributed by atoms with E-state index in [1.165, 1.54) is 43.9 Å². The monoisotopic (exact) mass is 562 g/mol. The Kier molecular flexibility index (Phi) is 9.08. The first-order chi connectivity index (χ1) is 19.8. The maximum absolute atomic E-state index is 13.7. The van der Waals surface area contributed by atoms with E-state index >= 15 is 0 Å². The van der Waals surface area contributed by atoms with E-state index in [2.05, 4.69) is 39.0 Å². The van der Waals surface area contributed by atoms with Crippen LogP contribution in [0.5, 0.6) is 0 Å².